The molecular formula is C19H15NO3S. The highest BCUT2D eigenvalue weighted by Crippen LogP contribution is 2.36. The Morgan fingerprint density at radius 2 is 1.96 bits per heavy atom. The lowest BCUT2D eigenvalue weighted by atomic mass is 10.0. The van der Waals surface area contributed by atoms with Crippen molar-refractivity contribution < 1.29 is 9.90 Å². The normalized spacial score (nSPS) is 13.0. The lowest BCUT2D eigenvalue weighted by Gasteiger charge is -2.15. The highest BCUT2D eigenvalue weighted by molar-refractivity contribution is 7.13. The summed E-state index contributed by atoms with van der Waals surface area (Å²) in [5.41, 5.74) is 2.93. The molecule has 0 radical (unpaired) electrons. The van der Waals surface area contributed by atoms with Crippen LogP contribution in [0.3, 0.4) is 0 Å². The second-order valence-corrected chi connectivity index (χ2v) is 6.74. The van der Waals surface area contributed by atoms with Gasteiger partial charge in [-0.3, -0.25) is 4.79 Å². The molecule has 4 nitrogen and oxygen atoms in total. The van der Waals surface area contributed by atoms with Crippen LogP contribution in [-0.2, 0) is 13.0 Å². The van der Waals surface area contributed by atoms with E-state index in [0.717, 1.165) is 28.8 Å². The molecule has 0 saturated carbocycles. The first-order valence-corrected chi connectivity index (χ1v) is 8.68. The number of aryl methyl sites for hydroxylation is 1. The van der Waals surface area contributed by atoms with Crippen molar-refractivity contribution in [2.45, 2.75) is 19.4 Å². The SMILES string of the molecule is O=C(O)c1cc(-c2ccccc2)c(=O)n2c1-c1sccc1CCC2. The fourth-order valence-corrected chi connectivity index (χ4v) is 4.30. The van der Waals surface area contributed by atoms with Gasteiger partial charge < -0.3 is 9.67 Å². The van der Waals surface area contributed by atoms with Crippen LogP contribution in [0.15, 0.2) is 52.6 Å². The smallest absolute Gasteiger partial charge is 0.337 e. The van der Waals surface area contributed by atoms with E-state index in [9.17, 15) is 14.7 Å². The molecule has 0 spiro atoms. The summed E-state index contributed by atoms with van der Waals surface area (Å²) in [5, 5.41) is 11.7. The first-order valence-electron chi connectivity index (χ1n) is 7.80. The van der Waals surface area contributed by atoms with Crippen LogP contribution in [-0.4, -0.2) is 15.6 Å². The number of aromatic carboxylic acids is 1. The molecule has 2 aromatic heterocycles. The van der Waals surface area contributed by atoms with E-state index in [4.69, 9.17) is 0 Å². The van der Waals surface area contributed by atoms with Gasteiger partial charge in [0.15, 0.2) is 0 Å². The van der Waals surface area contributed by atoms with Crippen LogP contribution in [0.5, 0.6) is 0 Å². The number of nitrogens with zero attached hydrogens (tertiary/aromatic N) is 1. The van der Waals surface area contributed by atoms with Gasteiger partial charge in [-0.25, -0.2) is 4.79 Å². The van der Waals surface area contributed by atoms with Gasteiger partial charge in [0, 0.05) is 12.1 Å². The van der Waals surface area contributed by atoms with E-state index in [1.54, 1.807) is 4.57 Å². The largest absolute Gasteiger partial charge is 0.478 e. The van der Waals surface area contributed by atoms with Gasteiger partial charge >= 0.3 is 5.97 Å². The Morgan fingerprint density at radius 3 is 2.71 bits per heavy atom. The lowest BCUT2D eigenvalue weighted by molar-refractivity contribution is 0.0697. The Kier molecular flexibility index (Phi) is 3.58. The number of carbonyl (C=O) groups is 1. The maximum absolute atomic E-state index is 13.0. The van der Waals surface area contributed by atoms with Crippen LogP contribution < -0.4 is 5.56 Å². The fraction of sp³-hybridized carbons (Fsp3) is 0.158. The van der Waals surface area contributed by atoms with Gasteiger partial charge in [-0.15, -0.1) is 11.3 Å². The Morgan fingerprint density at radius 1 is 1.17 bits per heavy atom. The number of carboxylic acids is 1. The van der Waals surface area contributed by atoms with Crippen molar-refractivity contribution in [3.05, 3.63) is 69.3 Å². The van der Waals surface area contributed by atoms with Crippen molar-refractivity contribution in [2.75, 3.05) is 0 Å². The fourth-order valence-electron chi connectivity index (χ4n) is 3.28. The van der Waals surface area contributed by atoms with Crippen molar-refractivity contribution in [1.29, 1.82) is 0 Å². The number of rotatable bonds is 2. The zero-order chi connectivity index (χ0) is 16.7. The summed E-state index contributed by atoms with van der Waals surface area (Å²) >= 11 is 1.50. The minimum absolute atomic E-state index is 0.123. The molecule has 4 rings (SSSR count). The van der Waals surface area contributed by atoms with Gasteiger partial charge in [-0.05, 0) is 41.5 Å². The molecule has 3 aromatic rings. The monoisotopic (exact) mass is 337 g/mol. The highest BCUT2D eigenvalue weighted by atomic mass is 32.1. The van der Waals surface area contributed by atoms with Crippen LogP contribution in [0.1, 0.15) is 22.3 Å². The third kappa shape index (κ3) is 2.29. The number of pyridine rings is 1. The van der Waals surface area contributed by atoms with E-state index >= 15 is 0 Å². The summed E-state index contributed by atoms with van der Waals surface area (Å²) in [6.07, 6.45) is 1.69. The molecule has 24 heavy (non-hydrogen) atoms. The molecular weight excluding hydrogens is 322 g/mol. The Bertz CT molecular complexity index is 986. The van der Waals surface area contributed by atoms with Crippen molar-refractivity contribution in [3.63, 3.8) is 0 Å². The van der Waals surface area contributed by atoms with Crippen molar-refractivity contribution in [2.24, 2.45) is 0 Å². The molecule has 0 unspecified atom stereocenters. The highest BCUT2D eigenvalue weighted by Gasteiger charge is 2.25. The maximum atomic E-state index is 13.0. The molecule has 0 amide bonds. The van der Waals surface area contributed by atoms with E-state index in [-0.39, 0.29) is 11.1 Å². The standard InChI is InChI=1S/C19H15NO3S/c21-18-14(12-5-2-1-3-6-12)11-15(19(22)23)16-17-13(8-10-24-17)7-4-9-20(16)18/h1-3,5-6,8,10-11H,4,7,9H2,(H,22,23). The van der Waals surface area contributed by atoms with Crippen LogP contribution in [0.2, 0.25) is 0 Å². The summed E-state index contributed by atoms with van der Waals surface area (Å²) in [6, 6.07) is 12.8. The molecule has 3 heterocycles. The van der Waals surface area contributed by atoms with Crippen LogP contribution >= 0.6 is 11.3 Å². The number of hydrogen-bond donors (Lipinski definition) is 1. The maximum Gasteiger partial charge on any atom is 0.337 e. The molecule has 0 aliphatic carbocycles. The molecule has 1 N–H and O–H groups in total. The van der Waals surface area contributed by atoms with Gasteiger partial charge in [0.05, 0.1) is 16.1 Å². The van der Waals surface area contributed by atoms with Crippen molar-refractivity contribution in [1.82, 2.24) is 4.57 Å². The summed E-state index contributed by atoms with van der Waals surface area (Å²) in [7, 11) is 0. The van der Waals surface area contributed by atoms with E-state index in [1.807, 2.05) is 41.8 Å². The van der Waals surface area contributed by atoms with Crippen LogP contribution in [0.4, 0.5) is 0 Å². The van der Waals surface area contributed by atoms with Gasteiger partial charge in [0.2, 0.25) is 0 Å². The second kappa shape index (κ2) is 5.76. The molecule has 0 bridgehead atoms. The molecule has 120 valence electrons. The van der Waals surface area contributed by atoms with E-state index in [1.165, 1.54) is 17.4 Å². The predicted octanol–water partition coefficient (Wildman–Crippen LogP) is 3.89. The zero-order valence-electron chi connectivity index (χ0n) is 12.9. The summed E-state index contributed by atoms with van der Waals surface area (Å²) in [5.74, 6) is -1.00. The first-order chi connectivity index (χ1) is 11.7. The summed E-state index contributed by atoms with van der Waals surface area (Å²) < 4.78 is 1.65. The number of aromatic nitrogens is 1. The second-order valence-electron chi connectivity index (χ2n) is 5.83. The van der Waals surface area contributed by atoms with E-state index in [0.29, 0.717) is 17.8 Å². The average Bonchev–Trinajstić information content (AvgIpc) is 2.97. The lowest BCUT2D eigenvalue weighted by Crippen LogP contribution is -2.25. The average molecular weight is 337 g/mol. The third-order valence-corrected chi connectivity index (χ3v) is 5.36. The van der Waals surface area contributed by atoms with Crippen LogP contribution in [0, 0.1) is 0 Å². The Balaban J connectivity index is 2.08. The molecule has 1 aromatic carbocycles. The number of carboxylic acid groups (broad SMARTS) is 1. The minimum Gasteiger partial charge on any atom is -0.478 e. The molecule has 1 aliphatic heterocycles. The van der Waals surface area contributed by atoms with Gasteiger partial charge in [0.25, 0.3) is 5.56 Å². The molecule has 0 fully saturated rings. The number of hydrogen-bond acceptors (Lipinski definition) is 3. The van der Waals surface area contributed by atoms with Crippen LogP contribution in [0.25, 0.3) is 21.7 Å². The quantitative estimate of drug-likeness (QED) is 0.772. The number of fused-ring (bicyclic) bond motifs is 3. The van der Waals surface area contributed by atoms with E-state index in [2.05, 4.69) is 0 Å². The van der Waals surface area contributed by atoms with Crippen molar-refractivity contribution >= 4 is 17.3 Å². The van der Waals surface area contributed by atoms with Gasteiger partial charge in [-0.1, -0.05) is 30.3 Å². The number of benzene rings is 1. The van der Waals surface area contributed by atoms with Gasteiger partial charge in [-0.2, -0.15) is 0 Å². The third-order valence-electron chi connectivity index (χ3n) is 4.39. The molecule has 1 aliphatic rings. The summed E-state index contributed by atoms with van der Waals surface area (Å²) in [4.78, 5) is 25.9. The number of thiophene rings is 1. The molecule has 0 atom stereocenters. The van der Waals surface area contributed by atoms with Crippen molar-refractivity contribution in [3.8, 4) is 21.7 Å². The minimum atomic E-state index is -1.00. The topological polar surface area (TPSA) is 59.3 Å². The summed E-state index contributed by atoms with van der Waals surface area (Å²) in [6.45, 7) is 0.538. The predicted molar refractivity (Wildman–Crippen MR) is 94.7 cm³/mol. The Labute approximate surface area is 142 Å². The Hall–Kier alpha value is -2.66. The molecule has 0 saturated heterocycles. The first kappa shape index (κ1) is 14.9. The van der Waals surface area contributed by atoms with Gasteiger partial charge in [0.1, 0.15) is 0 Å². The molecule has 5 heteroatoms. The van der Waals surface area contributed by atoms with E-state index < -0.39 is 5.97 Å². The zero-order valence-corrected chi connectivity index (χ0v) is 13.7.